The first kappa shape index (κ1) is 7.64. The highest BCUT2D eigenvalue weighted by Crippen LogP contribution is 2.71. The van der Waals surface area contributed by atoms with Crippen LogP contribution in [0.15, 0.2) is 0 Å². The Bertz CT molecular complexity index is 167. The topological polar surface area (TPSA) is 0 Å². The van der Waals surface area contributed by atoms with Crippen molar-refractivity contribution in [3.05, 3.63) is 0 Å². The third-order valence-electron chi connectivity index (χ3n) is 4.30. The SMILES string of the molecule is CC(C)C1C(C)C1(C)C1CC1. The molecule has 0 saturated heterocycles. The summed E-state index contributed by atoms with van der Waals surface area (Å²) in [4.78, 5) is 0. The largest absolute Gasteiger partial charge is 0.0625 e. The molecular weight excluding hydrogens is 132 g/mol. The molecule has 0 aliphatic heterocycles. The summed E-state index contributed by atoms with van der Waals surface area (Å²) < 4.78 is 0. The Morgan fingerprint density at radius 2 is 1.82 bits per heavy atom. The zero-order chi connectivity index (χ0) is 8.22. The molecule has 2 saturated carbocycles. The minimum atomic E-state index is 0.758. The molecule has 0 amide bonds. The van der Waals surface area contributed by atoms with Crippen LogP contribution in [-0.2, 0) is 0 Å². The lowest BCUT2D eigenvalue weighted by Gasteiger charge is -2.11. The molecule has 0 heterocycles. The first-order chi connectivity index (χ1) is 5.08. The molecule has 0 spiro atoms. The maximum absolute atomic E-state index is 2.51. The van der Waals surface area contributed by atoms with E-state index >= 15 is 0 Å². The second-order valence-corrected chi connectivity index (χ2v) is 5.20. The summed E-state index contributed by atoms with van der Waals surface area (Å²) >= 11 is 0. The molecule has 0 heteroatoms. The summed E-state index contributed by atoms with van der Waals surface area (Å²) in [6.07, 6.45) is 3.04. The smallest absolute Gasteiger partial charge is 0.0235 e. The molecule has 0 nitrogen and oxygen atoms in total. The Morgan fingerprint density at radius 3 is 2.09 bits per heavy atom. The van der Waals surface area contributed by atoms with Crippen molar-refractivity contribution in [2.75, 3.05) is 0 Å². The van der Waals surface area contributed by atoms with Crippen molar-refractivity contribution in [1.82, 2.24) is 0 Å². The average molecular weight is 152 g/mol. The van der Waals surface area contributed by atoms with Crippen molar-refractivity contribution in [2.24, 2.45) is 29.1 Å². The van der Waals surface area contributed by atoms with E-state index in [4.69, 9.17) is 0 Å². The third-order valence-corrected chi connectivity index (χ3v) is 4.30. The molecular formula is C11H20. The van der Waals surface area contributed by atoms with Crippen LogP contribution in [0.25, 0.3) is 0 Å². The standard InChI is InChI=1S/C11H20/c1-7(2)10-8(3)11(10,4)9-5-6-9/h7-10H,5-6H2,1-4H3. The molecule has 64 valence electrons. The number of rotatable bonds is 2. The van der Waals surface area contributed by atoms with E-state index in [1.807, 2.05) is 0 Å². The van der Waals surface area contributed by atoms with E-state index < -0.39 is 0 Å². The highest BCUT2D eigenvalue weighted by Gasteiger charge is 2.65. The Balaban J connectivity index is 2.06. The summed E-state index contributed by atoms with van der Waals surface area (Å²) in [7, 11) is 0. The second kappa shape index (κ2) is 2.02. The van der Waals surface area contributed by atoms with Crippen molar-refractivity contribution in [3.8, 4) is 0 Å². The monoisotopic (exact) mass is 152 g/mol. The van der Waals surface area contributed by atoms with Gasteiger partial charge < -0.3 is 0 Å². The van der Waals surface area contributed by atoms with Gasteiger partial charge in [-0.25, -0.2) is 0 Å². The van der Waals surface area contributed by atoms with E-state index in [0.717, 1.165) is 29.1 Å². The van der Waals surface area contributed by atoms with Gasteiger partial charge in [0.15, 0.2) is 0 Å². The van der Waals surface area contributed by atoms with Gasteiger partial charge in [-0.1, -0.05) is 27.7 Å². The minimum Gasteiger partial charge on any atom is -0.0625 e. The van der Waals surface area contributed by atoms with Crippen LogP contribution in [0.1, 0.15) is 40.5 Å². The fourth-order valence-corrected chi connectivity index (χ4v) is 3.44. The third kappa shape index (κ3) is 0.878. The summed E-state index contributed by atoms with van der Waals surface area (Å²) in [5, 5.41) is 0. The Kier molecular flexibility index (Phi) is 1.41. The predicted molar refractivity (Wildman–Crippen MR) is 48.3 cm³/mol. The van der Waals surface area contributed by atoms with Gasteiger partial charge in [0, 0.05) is 0 Å². The van der Waals surface area contributed by atoms with Crippen LogP contribution in [-0.4, -0.2) is 0 Å². The quantitative estimate of drug-likeness (QED) is 0.569. The maximum atomic E-state index is 2.51. The Hall–Kier alpha value is 0. The molecule has 2 fully saturated rings. The van der Waals surface area contributed by atoms with Gasteiger partial charge in [-0.3, -0.25) is 0 Å². The van der Waals surface area contributed by atoms with Crippen molar-refractivity contribution in [1.29, 1.82) is 0 Å². The van der Waals surface area contributed by atoms with E-state index in [9.17, 15) is 0 Å². The lowest BCUT2D eigenvalue weighted by atomic mass is 9.94. The van der Waals surface area contributed by atoms with E-state index in [0.29, 0.717) is 0 Å². The highest BCUT2D eigenvalue weighted by atomic mass is 14.7. The van der Waals surface area contributed by atoms with Crippen LogP contribution in [0.2, 0.25) is 0 Å². The van der Waals surface area contributed by atoms with Gasteiger partial charge >= 0.3 is 0 Å². The van der Waals surface area contributed by atoms with Gasteiger partial charge in [0.25, 0.3) is 0 Å². The van der Waals surface area contributed by atoms with Gasteiger partial charge in [-0.05, 0) is 41.9 Å². The first-order valence-electron chi connectivity index (χ1n) is 5.08. The lowest BCUT2D eigenvalue weighted by Crippen LogP contribution is -2.05. The minimum absolute atomic E-state index is 0.758. The van der Waals surface area contributed by atoms with E-state index in [1.165, 1.54) is 12.8 Å². The Morgan fingerprint density at radius 1 is 1.27 bits per heavy atom. The van der Waals surface area contributed by atoms with Crippen molar-refractivity contribution >= 4 is 0 Å². The summed E-state index contributed by atoms with van der Waals surface area (Å²) in [6.45, 7) is 9.73. The van der Waals surface area contributed by atoms with E-state index in [1.54, 1.807) is 0 Å². The summed E-state index contributed by atoms with van der Waals surface area (Å²) in [5.41, 5.74) is 0.758. The van der Waals surface area contributed by atoms with Gasteiger partial charge in [0.05, 0.1) is 0 Å². The molecule has 3 atom stereocenters. The molecule has 3 unspecified atom stereocenters. The molecule has 11 heavy (non-hydrogen) atoms. The fraction of sp³-hybridized carbons (Fsp3) is 1.00. The van der Waals surface area contributed by atoms with Gasteiger partial charge in [0.1, 0.15) is 0 Å². The molecule has 2 aliphatic carbocycles. The van der Waals surface area contributed by atoms with Crippen LogP contribution in [0.5, 0.6) is 0 Å². The van der Waals surface area contributed by atoms with Crippen LogP contribution < -0.4 is 0 Å². The number of hydrogen-bond donors (Lipinski definition) is 0. The second-order valence-electron chi connectivity index (χ2n) is 5.20. The molecule has 0 aromatic carbocycles. The molecule has 0 radical (unpaired) electrons. The molecule has 2 rings (SSSR count). The zero-order valence-electron chi connectivity index (χ0n) is 8.22. The normalized spacial score (nSPS) is 49.9. The van der Waals surface area contributed by atoms with Crippen molar-refractivity contribution in [2.45, 2.75) is 40.5 Å². The first-order valence-corrected chi connectivity index (χ1v) is 5.08. The van der Waals surface area contributed by atoms with Gasteiger partial charge in [-0.2, -0.15) is 0 Å². The van der Waals surface area contributed by atoms with Crippen LogP contribution >= 0.6 is 0 Å². The van der Waals surface area contributed by atoms with Crippen LogP contribution in [0.3, 0.4) is 0 Å². The van der Waals surface area contributed by atoms with Gasteiger partial charge in [0.2, 0.25) is 0 Å². The zero-order valence-corrected chi connectivity index (χ0v) is 8.22. The predicted octanol–water partition coefficient (Wildman–Crippen LogP) is 3.32. The van der Waals surface area contributed by atoms with Crippen LogP contribution in [0.4, 0.5) is 0 Å². The molecule has 2 aliphatic rings. The Labute approximate surface area is 70.4 Å². The summed E-state index contributed by atoms with van der Waals surface area (Å²) in [6, 6.07) is 0. The molecule has 0 aromatic heterocycles. The molecule has 0 bridgehead atoms. The highest BCUT2D eigenvalue weighted by molar-refractivity contribution is 5.13. The van der Waals surface area contributed by atoms with Gasteiger partial charge in [-0.15, -0.1) is 0 Å². The van der Waals surface area contributed by atoms with E-state index in [-0.39, 0.29) is 0 Å². The maximum Gasteiger partial charge on any atom is -0.0235 e. The molecule has 0 aromatic rings. The number of hydrogen-bond acceptors (Lipinski definition) is 0. The fourth-order valence-electron chi connectivity index (χ4n) is 3.44. The average Bonchev–Trinajstić information content (AvgIpc) is 2.70. The van der Waals surface area contributed by atoms with Crippen molar-refractivity contribution in [3.63, 3.8) is 0 Å². The summed E-state index contributed by atoms with van der Waals surface area (Å²) in [5.74, 6) is 4.06. The molecule has 0 N–H and O–H groups in total. The van der Waals surface area contributed by atoms with Crippen LogP contribution in [0, 0.1) is 29.1 Å². The van der Waals surface area contributed by atoms with E-state index in [2.05, 4.69) is 27.7 Å². The lowest BCUT2D eigenvalue weighted by molar-refractivity contribution is 0.375. The van der Waals surface area contributed by atoms with Crippen molar-refractivity contribution < 1.29 is 0 Å².